The van der Waals surface area contributed by atoms with E-state index in [9.17, 15) is 18.0 Å². The molecule has 0 saturated heterocycles. The molecule has 0 spiro atoms. The van der Waals surface area contributed by atoms with Crippen molar-refractivity contribution in [2.45, 2.75) is 45.2 Å². The predicted molar refractivity (Wildman–Crippen MR) is 143 cm³/mol. The number of unbranched alkanes of at least 4 members (excludes halogenated alkanes) is 4. The number of ether oxygens (including phenoxy) is 5. The van der Waals surface area contributed by atoms with Gasteiger partial charge >= 0.3 is 12.1 Å². The van der Waals surface area contributed by atoms with Gasteiger partial charge in [-0.05, 0) is 36.8 Å². The van der Waals surface area contributed by atoms with Crippen LogP contribution in [0.4, 0.5) is 24.5 Å². The van der Waals surface area contributed by atoms with Crippen molar-refractivity contribution in [3.63, 3.8) is 0 Å². The van der Waals surface area contributed by atoms with Gasteiger partial charge in [0.05, 0.1) is 63.1 Å². The van der Waals surface area contributed by atoms with Crippen LogP contribution in [0.5, 0.6) is 0 Å². The van der Waals surface area contributed by atoms with E-state index < -0.39 is 17.7 Å². The summed E-state index contributed by atoms with van der Waals surface area (Å²) in [5, 5.41) is 2.86. The largest absolute Gasteiger partial charge is 0.460 e. The Morgan fingerprint density at radius 3 is 1.95 bits per heavy atom. The zero-order valence-corrected chi connectivity index (χ0v) is 22.6. The Bertz CT molecular complexity index is 941. The molecule has 2 rings (SSSR count). The zero-order chi connectivity index (χ0) is 28.2. The highest BCUT2D eigenvalue weighted by Gasteiger charge is 2.30. The molecule has 0 atom stereocenters. The van der Waals surface area contributed by atoms with Gasteiger partial charge in [-0.3, -0.25) is 0 Å². The normalized spacial score (nSPS) is 11.5. The molecule has 2 aromatic carbocycles. The molecule has 1 N–H and O–H groups in total. The predicted octanol–water partition coefficient (Wildman–Crippen LogP) is 6.64. The molecule has 10 heteroatoms. The van der Waals surface area contributed by atoms with Crippen LogP contribution < -0.4 is 5.32 Å². The molecular formula is C29H40F3NO6. The molecule has 0 saturated carbocycles. The number of alkyl halides is 3. The van der Waals surface area contributed by atoms with Gasteiger partial charge < -0.3 is 29.0 Å². The van der Waals surface area contributed by atoms with Crippen LogP contribution in [-0.4, -0.2) is 65.4 Å². The average Bonchev–Trinajstić information content (AvgIpc) is 2.92. The highest BCUT2D eigenvalue weighted by atomic mass is 19.4. The number of rotatable bonds is 21. The zero-order valence-electron chi connectivity index (χ0n) is 22.6. The van der Waals surface area contributed by atoms with E-state index in [1.807, 2.05) is 0 Å². The van der Waals surface area contributed by atoms with Crippen molar-refractivity contribution in [1.29, 1.82) is 0 Å². The van der Waals surface area contributed by atoms with Gasteiger partial charge in [-0.25, -0.2) is 4.79 Å². The number of nitrogens with one attached hydrogen (secondary N) is 1. The first-order valence-corrected chi connectivity index (χ1v) is 13.4. The Morgan fingerprint density at radius 2 is 1.31 bits per heavy atom. The summed E-state index contributed by atoms with van der Waals surface area (Å²) in [6.07, 6.45) is 1.64. The van der Waals surface area contributed by atoms with Gasteiger partial charge in [0.1, 0.15) is 6.61 Å². The molecular weight excluding hydrogens is 515 g/mol. The monoisotopic (exact) mass is 555 g/mol. The minimum atomic E-state index is -4.46. The van der Waals surface area contributed by atoms with E-state index in [0.717, 1.165) is 25.2 Å². The molecule has 0 bridgehead atoms. The third-order valence-corrected chi connectivity index (χ3v) is 5.58. The Hall–Kier alpha value is -2.66. The molecule has 0 fully saturated rings. The summed E-state index contributed by atoms with van der Waals surface area (Å²) in [5.74, 6) is -0.609. The molecule has 0 aromatic heterocycles. The smallest absolute Gasteiger partial charge is 0.416 e. The van der Waals surface area contributed by atoms with E-state index in [-0.39, 0.29) is 24.5 Å². The molecule has 2 aromatic rings. The average molecular weight is 556 g/mol. The van der Waals surface area contributed by atoms with Crippen LogP contribution in [0.15, 0.2) is 48.5 Å². The van der Waals surface area contributed by atoms with E-state index in [2.05, 4.69) is 12.2 Å². The first-order chi connectivity index (χ1) is 18.9. The van der Waals surface area contributed by atoms with Gasteiger partial charge in [0, 0.05) is 12.3 Å². The molecule has 7 nitrogen and oxygen atoms in total. The number of hydrogen-bond acceptors (Lipinski definition) is 7. The number of esters is 1. The highest BCUT2D eigenvalue weighted by Crippen LogP contribution is 2.32. The van der Waals surface area contributed by atoms with Crippen molar-refractivity contribution >= 4 is 17.3 Å². The van der Waals surface area contributed by atoms with E-state index in [1.54, 1.807) is 18.2 Å². The fourth-order valence-electron chi connectivity index (χ4n) is 3.54. The van der Waals surface area contributed by atoms with Crippen LogP contribution >= 0.6 is 0 Å². The Morgan fingerprint density at radius 1 is 0.718 bits per heavy atom. The Balaban J connectivity index is 1.52. The summed E-state index contributed by atoms with van der Waals surface area (Å²) in [5.41, 5.74) is -0.0297. The van der Waals surface area contributed by atoms with Crippen molar-refractivity contribution in [2.75, 3.05) is 64.8 Å². The van der Waals surface area contributed by atoms with Crippen LogP contribution in [-0.2, 0) is 29.9 Å². The standard InChI is InChI=1S/C29H40F3NO6/c1-2-3-4-5-8-14-35-15-16-36-17-18-37-19-20-38-21-22-39-28(34)26-12-6-7-13-27(26)33-25-11-9-10-24(23-25)29(30,31)32/h6-7,9-13,23,33H,2-5,8,14-22H2,1H3. The molecule has 0 aliphatic carbocycles. The first-order valence-electron chi connectivity index (χ1n) is 13.4. The highest BCUT2D eigenvalue weighted by molar-refractivity contribution is 5.96. The van der Waals surface area contributed by atoms with Crippen molar-refractivity contribution in [2.24, 2.45) is 0 Å². The lowest BCUT2D eigenvalue weighted by molar-refractivity contribution is -0.137. The lowest BCUT2D eigenvalue weighted by atomic mass is 10.1. The van der Waals surface area contributed by atoms with Gasteiger partial charge in [0.15, 0.2) is 0 Å². The lowest BCUT2D eigenvalue weighted by Gasteiger charge is -2.13. The van der Waals surface area contributed by atoms with Gasteiger partial charge in [-0.1, -0.05) is 50.8 Å². The summed E-state index contributed by atoms with van der Waals surface area (Å²) in [6.45, 7) is 5.96. The maximum Gasteiger partial charge on any atom is 0.416 e. The Kier molecular flexibility index (Phi) is 16.2. The molecule has 218 valence electrons. The van der Waals surface area contributed by atoms with Crippen LogP contribution in [0.2, 0.25) is 0 Å². The van der Waals surface area contributed by atoms with Crippen molar-refractivity contribution in [3.8, 4) is 0 Å². The summed E-state index contributed by atoms with van der Waals surface area (Å²) < 4.78 is 66.0. The third kappa shape index (κ3) is 14.3. The van der Waals surface area contributed by atoms with Crippen molar-refractivity contribution in [3.05, 3.63) is 59.7 Å². The van der Waals surface area contributed by atoms with Gasteiger partial charge in [-0.2, -0.15) is 13.2 Å². The van der Waals surface area contributed by atoms with Crippen molar-refractivity contribution < 1.29 is 41.7 Å². The number of carbonyl (C=O) groups is 1. The number of carbonyl (C=O) groups excluding carboxylic acids is 1. The molecule has 0 amide bonds. The number of para-hydroxylation sites is 1. The van der Waals surface area contributed by atoms with E-state index in [4.69, 9.17) is 23.7 Å². The van der Waals surface area contributed by atoms with E-state index in [0.29, 0.717) is 45.3 Å². The van der Waals surface area contributed by atoms with Gasteiger partial charge in [-0.15, -0.1) is 0 Å². The maximum atomic E-state index is 13.0. The Labute approximate surface area is 228 Å². The third-order valence-electron chi connectivity index (χ3n) is 5.58. The van der Waals surface area contributed by atoms with Crippen LogP contribution in [0, 0.1) is 0 Å². The second kappa shape index (κ2) is 19.4. The topological polar surface area (TPSA) is 75.2 Å². The number of halogens is 3. The minimum absolute atomic E-state index is 0.0262. The fourth-order valence-corrected chi connectivity index (χ4v) is 3.54. The first kappa shape index (κ1) is 32.6. The molecule has 0 radical (unpaired) electrons. The summed E-state index contributed by atoms with van der Waals surface area (Å²) in [6, 6.07) is 11.2. The number of benzene rings is 2. The maximum absolute atomic E-state index is 13.0. The fraction of sp³-hybridized carbons (Fsp3) is 0.552. The van der Waals surface area contributed by atoms with E-state index >= 15 is 0 Å². The molecule has 0 aliphatic rings. The molecule has 0 aliphatic heterocycles. The summed E-state index contributed by atoms with van der Waals surface area (Å²) in [7, 11) is 0. The van der Waals surface area contributed by atoms with Gasteiger partial charge in [0.2, 0.25) is 0 Å². The summed E-state index contributed by atoms with van der Waals surface area (Å²) in [4.78, 5) is 12.5. The van der Waals surface area contributed by atoms with Crippen LogP contribution in [0.1, 0.15) is 54.9 Å². The summed E-state index contributed by atoms with van der Waals surface area (Å²) >= 11 is 0. The quantitative estimate of drug-likeness (QED) is 0.137. The minimum Gasteiger partial charge on any atom is -0.460 e. The lowest BCUT2D eigenvalue weighted by Crippen LogP contribution is -2.15. The second-order valence-electron chi connectivity index (χ2n) is 8.75. The number of anilines is 2. The molecule has 39 heavy (non-hydrogen) atoms. The second-order valence-corrected chi connectivity index (χ2v) is 8.75. The van der Waals surface area contributed by atoms with Crippen LogP contribution in [0.3, 0.4) is 0 Å². The van der Waals surface area contributed by atoms with Crippen molar-refractivity contribution in [1.82, 2.24) is 0 Å². The molecule has 0 unspecified atom stereocenters. The van der Waals surface area contributed by atoms with E-state index in [1.165, 1.54) is 43.9 Å². The SMILES string of the molecule is CCCCCCCOCCOCCOCCOCCOC(=O)c1ccccc1Nc1cccc(C(F)(F)F)c1. The number of hydrogen-bond donors (Lipinski definition) is 1. The van der Waals surface area contributed by atoms with Crippen LogP contribution in [0.25, 0.3) is 0 Å². The van der Waals surface area contributed by atoms with Gasteiger partial charge in [0.25, 0.3) is 0 Å². The molecule has 0 heterocycles.